The van der Waals surface area contributed by atoms with Crippen molar-refractivity contribution in [2.45, 2.75) is 13.5 Å². The zero-order valence-corrected chi connectivity index (χ0v) is 7.93. The molecule has 1 rings (SSSR count). The lowest BCUT2D eigenvalue weighted by Gasteiger charge is -1.99. The Labute approximate surface area is 78.3 Å². The lowest BCUT2D eigenvalue weighted by atomic mass is 10.1. The second-order valence-electron chi connectivity index (χ2n) is 2.24. The molecule has 12 heavy (non-hydrogen) atoms. The van der Waals surface area contributed by atoms with Crippen LogP contribution in [0.1, 0.15) is 11.1 Å². The normalized spacial score (nSPS) is 8.58. The Morgan fingerprint density at radius 1 is 1.42 bits per heavy atom. The van der Waals surface area contributed by atoms with Gasteiger partial charge in [0.2, 0.25) is 0 Å². The minimum absolute atomic E-state index is 0.0814. The quantitative estimate of drug-likeness (QED) is 0.666. The van der Waals surface area contributed by atoms with Crippen LogP contribution >= 0.6 is 11.6 Å². The molecule has 1 aromatic rings. The van der Waals surface area contributed by atoms with Gasteiger partial charge in [-0.2, -0.15) is 0 Å². The van der Waals surface area contributed by atoms with Crippen LogP contribution in [0.3, 0.4) is 0 Å². The average Bonchev–Trinajstić information content (AvgIpc) is 2.13. The van der Waals surface area contributed by atoms with Crippen LogP contribution in [0.5, 0.6) is 0 Å². The predicted octanol–water partition coefficient (Wildman–Crippen LogP) is 2.94. The highest BCUT2D eigenvalue weighted by molar-refractivity contribution is 6.31. The molecule has 0 fully saturated rings. The van der Waals surface area contributed by atoms with E-state index in [0.717, 1.165) is 16.1 Å². The fraction of sp³-hybridized carbons (Fsp3) is 0.200. The fourth-order valence-corrected chi connectivity index (χ4v) is 0.923. The second kappa shape index (κ2) is 5.81. The van der Waals surface area contributed by atoms with Crippen molar-refractivity contribution in [3.05, 3.63) is 47.5 Å². The minimum Gasteiger partial charge on any atom is -0.392 e. The molecule has 0 radical (unpaired) electrons. The molecular weight excluding hydrogens is 172 g/mol. The molecule has 1 nitrogen and oxygen atoms in total. The molecule has 0 heterocycles. The van der Waals surface area contributed by atoms with Crippen LogP contribution in [0.2, 0.25) is 5.02 Å². The summed E-state index contributed by atoms with van der Waals surface area (Å²) in [5.41, 5.74) is 1.91. The summed E-state index contributed by atoms with van der Waals surface area (Å²) in [7, 11) is 0. The first kappa shape index (κ1) is 11.2. The molecule has 0 amide bonds. The van der Waals surface area contributed by atoms with E-state index in [1.807, 2.05) is 19.1 Å². The Bertz CT molecular complexity index is 246. The predicted molar refractivity (Wildman–Crippen MR) is 53.4 cm³/mol. The van der Waals surface area contributed by atoms with Gasteiger partial charge in [0.1, 0.15) is 0 Å². The monoisotopic (exact) mass is 184 g/mol. The summed E-state index contributed by atoms with van der Waals surface area (Å²) in [5.74, 6) is 0. The number of aliphatic hydroxyl groups is 1. The van der Waals surface area contributed by atoms with Crippen LogP contribution in [-0.4, -0.2) is 5.11 Å². The topological polar surface area (TPSA) is 20.2 Å². The van der Waals surface area contributed by atoms with Gasteiger partial charge in [0.25, 0.3) is 0 Å². The Kier molecular flexibility index (Phi) is 5.43. The van der Waals surface area contributed by atoms with Gasteiger partial charge in [-0.3, -0.25) is 0 Å². The van der Waals surface area contributed by atoms with Crippen molar-refractivity contribution in [1.29, 1.82) is 0 Å². The van der Waals surface area contributed by atoms with Crippen LogP contribution in [0.25, 0.3) is 0 Å². The molecule has 66 valence electrons. The van der Waals surface area contributed by atoms with Gasteiger partial charge in [0.15, 0.2) is 0 Å². The summed E-state index contributed by atoms with van der Waals surface area (Å²) in [6.45, 7) is 8.00. The van der Waals surface area contributed by atoms with Crippen LogP contribution in [0.15, 0.2) is 31.4 Å². The Balaban J connectivity index is 0.000000561. The van der Waals surface area contributed by atoms with Gasteiger partial charge in [-0.05, 0) is 24.1 Å². The average molecular weight is 185 g/mol. The van der Waals surface area contributed by atoms with Crippen LogP contribution in [-0.2, 0) is 6.61 Å². The number of aliphatic hydroxyl groups excluding tert-OH is 1. The number of rotatable bonds is 1. The van der Waals surface area contributed by atoms with E-state index in [4.69, 9.17) is 16.7 Å². The Morgan fingerprint density at radius 2 is 2.00 bits per heavy atom. The summed E-state index contributed by atoms with van der Waals surface area (Å²) < 4.78 is 0. The Morgan fingerprint density at radius 3 is 2.42 bits per heavy atom. The maximum Gasteiger partial charge on any atom is 0.0681 e. The summed E-state index contributed by atoms with van der Waals surface area (Å²) >= 11 is 5.76. The van der Waals surface area contributed by atoms with Gasteiger partial charge in [0.05, 0.1) is 6.61 Å². The molecule has 1 N–H and O–H groups in total. The number of hydrogen-bond donors (Lipinski definition) is 1. The van der Waals surface area contributed by atoms with E-state index >= 15 is 0 Å². The molecule has 0 saturated heterocycles. The maximum atomic E-state index is 8.71. The van der Waals surface area contributed by atoms with Crippen LogP contribution in [0, 0.1) is 6.92 Å². The third kappa shape index (κ3) is 3.07. The number of benzene rings is 1. The van der Waals surface area contributed by atoms with Gasteiger partial charge < -0.3 is 5.11 Å². The van der Waals surface area contributed by atoms with Crippen molar-refractivity contribution < 1.29 is 5.11 Å². The van der Waals surface area contributed by atoms with E-state index in [9.17, 15) is 0 Å². The number of aryl methyl sites for hydroxylation is 1. The highest BCUT2D eigenvalue weighted by Crippen LogP contribution is 2.15. The highest BCUT2D eigenvalue weighted by atomic mass is 35.5. The van der Waals surface area contributed by atoms with Crippen molar-refractivity contribution in [2.75, 3.05) is 0 Å². The molecule has 1 aromatic carbocycles. The first-order valence-corrected chi connectivity index (χ1v) is 3.97. The van der Waals surface area contributed by atoms with E-state index in [1.54, 1.807) is 6.07 Å². The van der Waals surface area contributed by atoms with Crippen molar-refractivity contribution in [1.82, 2.24) is 0 Å². The van der Waals surface area contributed by atoms with Gasteiger partial charge in [-0.1, -0.05) is 23.7 Å². The van der Waals surface area contributed by atoms with E-state index in [2.05, 4.69) is 13.2 Å². The molecule has 0 spiro atoms. The van der Waals surface area contributed by atoms with Gasteiger partial charge in [-0.15, -0.1) is 13.2 Å². The minimum atomic E-state index is 0.0814. The van der Waals surface area contributed by atoms with Crippen LogP contribution < -0.4 is 0 Å². The zero-order chi connectivity index (χ0) is 9.56. The van der Waals surface area contributed by atoms with Crippen molar-refractivity contribution in [3.63, 3.8) is 0 Å². The fourth-order valence-electron chi connectivity index (χ4n) is 0.805. The summed E-state index contributed by atoms with van der Waals surface area (Å²) in [5, 5.41) is 9.46. The summed E-state index contributed by atoms with van der Waals surface area (Å²) in [6, 6.07) is 5.49. The molecule has 2 heteroatoms. The highest BCUT2D eigenvalue weighted by Gasteiger charge is 1.94. The molecule has 0 aliphatic heterocycles. The van der Waals surface area contributed by atoms with E-state index < -0.39 is 0 Å². The van der Waals surface area contributed by atoms with Gasteiger partial charge in [-0.25, -0.2) is 0 Å². The molecule has 0 saturated carbocycles. The first-order valence-electron chi connectivity index (χ1n) is 3.60. The standard InChI is InChI=1S/C8H9ClO.C2H4/c1-6-4-7(5-10)2-3-8(6)9;1-2/h2-4,10H,5H2,1H3;1-2H2. The van der Waals surface area contributed by atoms with E-state index in [0.29, 0.717) is 0 Å². The SMILES string of the molecule is C=C.Cc1cc(CO)ccc1Cl. The van der Waals surface area contributed by atoms with E-state index in [-0.39, 0.29) is 6.61 Å². The molecule has 0 atom stereocenters. The lowest BCUT2D eigenvalue weighted by molar-refractivity contribution is 0.282. The summed E-state index contributed by atoms with van der Waals surface area (Å²) in [6.07, 6.45) is 0. The Hall–Kier alpha value is -0.790. The lowest BCUT2D eigenvalue weighted by Crippen LogP contribution is -1.83. The molecule has 0 bridgehead atoms. The molecule has 0 aromatic heterocycles. The summed E-state index contributed by atoms with van der Waals surface area (Å²) in [4.78, 5) is 0. The van der Waals surface area contributed by atoms with Crippen LogP contribution in [0.4, 0.5) is 0 Å². The molecule has 0 unspecified atom stereocenters. The zero-order valence-electron chi connectivity index (χ0n) is 7.18. The number of halogens is 1. The first-order chi connectivity index (χ1) is 5.74. The third-order valence-electron chi connectivity index (χ3n) is 1.40. The third-order valence-corrected chi connectivity index (χ3v) is 1.83. The van der Waals surface area contributed by atoms with Crippen molar-refractivity contribution in [2.24, 2.45) is 0 Å². The second-order valence-corrected chi connectivity index (χ2v) is 2.65. The van der Waals surface area contributed by atoms with E-state index in [1.165, 1.54) is 0 Å². The maximum absolute atomic E-state index is 8.71. The van der Waals surface area contributed by atoms with Gasteiger partial charge in [0, 0.05) is 5.02 Å². The largest absolute Gasteiger partial charge is 0.392 e. The molecule has 0 aliphatic rings. The smallest absolute Gasteiger partial charge is 0.0681 e. The molecular formula is C10H13ClO. The van der Waals surface area contributed by atoms with Crippen molar-refractivity contribution in [3.8, 4) is 0 Å². The van der Waals surface area contributed by atoms with Crippen molar-refractivity contribution >= 4 is 11.6 Å². The molecule has 0 aliphatic carbocycles. The number of hydrogen-bond acceptors (Lipinski definition) is 1. The van der Waals surface area contributed by atoms with Gasteiger partial charge >= 0.3 is 0 Å².